The number of benzene rings is 1. The van der Waals surface area contributed by atoms with Crippen LogP contribution >= 0.6 is 0 Å². The fourth-order valence-electron chi connectivity index (χ4n) is 2.07. The van der Waals surface area contributed by atoms with Gasteiger partial charge in [-0.15, -0.1) is 0 Å². The molecule has 0 radical (unpaired) electrons. The van der Waals surface area contributed by atoms with Crippen LogP contribution in [-0.4, -0.2) is 27.1 Å². The minimum absolute atomic E-state index is 0.0698. The fraction of sp³-hybridized carbons (Fsp3) is 0.357. The molecular formula is C14H18N4O. The summed E-state index contributed by atoms with van der Waals surface area (Å²) in [5.41, 5.74) is 6.68. The van der Waals surface area contributed by atoms with Gasteiger partial charge >= 0.3 is 0 Å². The van der Waals surface area contributed by atoms with Crippen LogP contribution in [0.1, 0.15) is 35.4 Å². The lowest BCUT2D eigenvalue weighted by Crippen LogP contribution is -2.25. The molecule has 2 N–H and O–H groups in total. The Morgan fingerprint density at radius 1 is 1.37 bits per heavy atom. The molecule has 0 bridgehead atoms. The van der Waals surface area contributed by atoms with Gasteiger partial charge in [0.15, 0.2) is 5.82 Å². The van der Waals surface area contributed by atoms with Crippen molar-refractivity contribution in [2.75, 3.05) is 6.54 Å². The smallest absolute Gasteiger partial charge is 0.208 e. The van der Waals surface area contributed by atoms with E-state index in [1.165, 1.54) is 6.33 Å². The molecule has 19 heavy (non-hydrogen) atoms. The zero-order valence-electron chi connectivity index (χ0n) is 11.0. The average molecular weight is 258 g/mol. The lowest BCUT2D eigenvalue weighted by molar-refractivity contribution is 0.0946. The van der Waals surface area contributed by atoms with Gasteiger partial charge in [-0.1, -0.05) is 37.3 Å². The second kappa shape index (κ2) is 6.24. The molecule has 0 spiro atoms. The van der Waals surface area contributed by atoms with Gasteiger partial charge in [0.05, 0.1) is 5.92 Å². The van der Waals surface area contributed by atoms with Crippen molar-refractivity contribution >= 4 is 5.78 Å². The van der Waals surface area contributed by atoms with Gasteiger partial charge in [-0.05, 0) is 12.0 Å². The Bertz CT molecular complexity index is 535. The Balaban J connectivity index is 2.28. The predicted octanol–water partition coefficient (Wildman–Crippen LogP) is 1.61. The minimum Gasteiger partial charge on any atom is -0.329 e. The highest BCUT2D eigenvalue weighted by molar-refractivity contribution is 5.98. The first-order chi connectivity index (χ1) is 9.27. The van der Waals surface area contributed by atoms with Gasteiger partial charge in [-0.3, -0.25) is 4.79 Å². The zero-order valence-corrected chi connectivity index (χ0v) is 11.0. The molecule has 100 valence electrons. The number of Topliss-reactive ketones (excluding diaryl/α,β-unsaturated/α-hetero) is 1. The van der Waals surface area contributed by atoms with Gasteiger partial charge in [0, 0.05) is 13.1 Å². The van der Waals surface area contributed by atoms with Gasteiger partial charge in [0.25, 0.3) is 0 Å². The molecule has 1 atom stereocenters. The molecule has 0 aliphatic heterocycles. The van der Waals surface area contributed by atoms with Crippen molar-refractivity contribution in [2.45, 2.75) is 25.8 Å². The molecule has 5 nitrogen and oxygen atoms in total. The summed E-state index contributed by atoms with van der Waals surface area (Å²) >= 11 is 0. The second-order valence-corrected chi connectivity index (χ2v) is 4.37. The summed E-state index contributed by atoms with van der Waals surface area (Å²) in [6.45, 7) is 2.99. The molecule has 0 saturated heterocycles. The molecular weight excluding hydrogens is 240 g/mol. The average Bonchev–Trinajstić information content (AvgIpc) is 2.89. The molecule has 5 heteroatoms. The number of hydrogen-bond donors (Lipinski definition) is 1. The maximum atomic E-state index is 12.5. The molecule has 1 aromatic carbocycles. The summed E-state index contributed by atoms with van der Waals surface area (Å²) < 4.78 is 1.65. The molecule has 1 unspecified atom stereocenters. The van der Waals surface area contributed by atoms with Crippen LogP contribution in [0.3, 0.4) is 0 Å². The molecule has 0 fully saturated rings. The number of rotatable bonds is 6. The topological polar surface area (TPSA) is 73.8 Å². The van der Waals surface area contributed by atoms with E-state index in [1.807, 2.05) is 37.3 Å². The highest BCUT2D eigenvalue weighted by Crippen LogP contribution is 2.18. The second-order valence-electron chi connectivity index (χ2n) is 4.37. The summed E-state index contributed by atoms with van der Waals surface area (Å²) in [6, 6.07) is 9.55. The first-order valence-corrected chi connectivity index (χ1v) is 6.45. The van der Waals surface area contributed by atoms with E-state index in [0.717, 1.165) is 12.0 Å². The third-order valence-corrected chi connectivity index (χ3v) is 3.03. The molecule has 0 aliphatic carbocycles. The molecule has 1 heterocycles. The fourth-order valence-corrected chi connectivity index (χ4v) is 2.07. The molecule has 1 aromatic heterocycles. The molecule has 0 saturated carbocycles. The van der Waals surface area contributed by atoms with Crippen molar-refractivity contribution in [3.8, 4) is 0 Å². The van der Waals surface area contributed by atoms with Gasteiger partial charge in [-0.2, -0.15) is 5.10 Å². The van der Waals surface area contributed by atoms with Crippen LogP contribution < -0.4 is 5.73 Å². The number of carbonyl (C=O) groups excluding carboxylic acids is 1. The Morgan fingerprint density at radius 3 is 2.74 bits per heavy atom. The van der Waals surface area contributed by atoms with Crippen LogP contribution in [0.25, 0.3) is 0 Å². The first-order valence-electron chi connectivity index (χ1n) is 6.45. The summed E-state index contributed by atoms with van der Waals surface area (Å²) in [5, 5.41) is 4.08. The monoisotopic (exact) mass is 258 g/mol. The first kappa shape index (κ1) is 13.4. The van der Waals surface area contributed by atoms with Gasteiger partial charge in [-0.25, -0.2) is 9.67 Å². The Kier molecular flexibility index (Phi) is 4.41. The number of aromatic nitrogens is 3. The van der Waals surface area contributed by atoms with Gasteiger partial charge < -0.3 is 5.73 Å². The van der Waals surface area contributed by atoms with E-state index in [9.17, 15) is 4.79 Å². The largest absolute Gasteiger partial charge is 0.329 e. The van der Waals surface area contributed by atoms with Crippen molar-refractivity contribution in [3.05, 3.63) is 48.0 Å². The third kappa shape index (κ3) is 2.88. The normalized spacial score (nSPS) is 12.3. The van der Waals surface area contributed by atoms with E-state index in [-0.39, 0.29) is 18.2 Å². The quantitative estimate of drug-likeness (QED) is 0.799. The lowest BCUT2D eigenvalue weighted by atomic mass is 9.94. The number of aryl methyl sites for hydroxylation is 1. The summed E-state index contributed by atoms with van der Waals surface area (Å²) in [5.74, 6) is -0.0400. The molecule has 0 aliphatic rings. The summed E-state index contributed by atoms with van der Waals surface area (Å²) in [7, 11) is 0. The third-order valence-electron chi connectivity index (χ3n) is 3.03. The van der Waals surface area contributed by atoms with Crippen molar-refractivity contribution in [3.63, 3.8) is 0 Å². The SMILES string of the molecule is CCCn1ncnc1C(=O)C(CN)c1ccccc1. The Hall–Kier alpha value is -2.01. The standard InChI is InChI=1S/C14H18N4O/c1-2-8-18-14(16-10-17-18)13(19)12(9-15)11-6-4-3-5-7-11/h3-7,10,12H,2,8-9,15H2,1H3. The van der Waals surface area contributed by atoms with E-state index < -0.39 is 0 Å². The van der Waals surface area contributed by atoms with E-state index in [1.54, 1.807) is 4.68 Å². The van der Waals surface area contributed by atoms with Gasteiger partial charge in [0.2, 0.25) is 5.78 Å². The number of ketones is 1. The highest BCUT2D eigenvalue weighted by atomic mass is 16.1. The maximum absolute atomic E-state index is 12.5. The van der Waals surface area contributed by atoms with Crippen molar-refractivity contribution in [2.24, 2.45) is 5.73 Å². The van der Waals surface area contributed by atoms with E-state index in [2.05, 4.69) is 10.1 Å². The Morgan fingerprint density at radius 2 is 2.11 bits per heavy atom. The van der Waals surface area contributed by atoms with Crippen LogP contribution in [0.4, 0.5) is 0 Å². The van der Waals surface area contributed by atoms with Crippen molar-refractivity contribution in [1.82, 2.24) is 14.8 Å². The highest BCUT2D eigenvalue weighted by Gasteiger charge is 2.24. The van der Waals surface area contributed by atoms with E-state index in [0.29, 0.717) is 12.4 Å². The number of nitrogens with two attached hydrogens (primary N) is 1. The van der Waals surface area contributed by atoms with Crippen LogP contribution in [0.2, 0.25) is 0 Å². The van der Waals surface area contributed by atoms with Crippen LogP contribution in [0.15, 0.2) is 36.7 Å². The lowest BCUT2D eigenvalue weighted by Gasteiger charge is -2.13. The maximum Gasteiger partial charge on any atom is 0.208 e. The van der Waals surface area contributed by atoms with Crippen LogP contribution in [0.5, 0.6) is 0 Å². The molecule has 2 aromatic rings. The summed E-state index contributed by atoms with van der Waals surface area (Å²) in [6.07, 6.45) is 2.32. The van der Waals surface area contributed by atoms with Crippen molar-refractivity contribution < 1.29 is 4.79 Å². The van der Waals surface area contributed by atoms with E-state index >= 15 is 0 Å². The zero-order chi connectivity index (χ0) is 13.7. The predicted molar refractivity (Wildman–Crippen MR) is 72.9 cm³/mol. The Labute approximate surface area is 112 Å². The van der Waals surface area contributed by atoms with Crippen molar-refractivity contribution in [1.29, 1.82) is 0 Å². The number of hydrogen-bond acceptors (Lipinski definition) is 4. The van der Waals surface area contributed by atoms with Crippen LogP contribution in [0, 0.1) is 0 Å². The van der Waals surface area contributed by atoms with E-state index in [4.69, 9.17) is 5.73 Å². The number of nitrogens with zero attached hydrogens (tertiary/aromatic N) is 3. The van der Waals surface area contributed by atoms with Crippen LogP contribution in [-0.2, 0) is 6.54 Å². The number of carbonyl (C=O) groups is 1. The van der Waals surface area contributed by atoms with Gasteiger partial charge in [0.1, 0.15) is 6.33 Å². The molecule has 2 rings (SSSR count). The minimum atomic E-state index is -0.360. The molecule has 0 amide bonds. The summed E-state index contributed by atoms with van der Waals surface area (Å²) in [4.78, 5) is 16.6.